The molecule has 0 unspecified atom stereocenters. The van der Waals surface area contributed by atoms with Gasteiger partial charge in [0.05, 0.1) is 12.0 Å². The molecule has 0 aromatic heterocycles. The van der Waals surface area contributed by atoms with E-state index in [1.54, 1.807) is 49.6 Å². The van der Waals surface area contributed by atoms with E-state index in [1.165, 1.54) is 0 Å². The zero-order valence-electron chi connectivity index (χ0n) is 18.9. The molecule has 0 saturated carbocycles. The SMILES string of the molecule is COc1cc(/C=C2\SC(=S)N(NC(=O)c3ccc(C)cc3)C2=O)ccc1OCc1ccc(Cl)cc1. The van der Waals surface area contributed by atoms with Gasteiger partial charge in [-0.05, 0) is 72.7 Å². The number of aryl methyl sites for hydroxylation is 1. The zero-order chi connectivity index (χ0) is 24.9. The number of hydrogen-bond acceptors (Lipinski definition) is 6. The molecule has 0 spiro atoms. The second-order valence-electron chi connectivity index (χ2n) is 7.65. The standard InChI is InChI=1S/C26H21ClN2O4S2/c1-16-3-8-19(9-4-16)24(30)28-29-25(31)23(35-26(29)34)14-18-7-12-21(22(13-18)32-2)33-15-17-5-10-20(27)11-6-17/h3-14H,15H2,1-2H3,(H,28,30)/b23-14-. The summed E-state index contributed by atoms with van der Waals surface area (Å²) in [6, 6.07) is 19.8. The molecule has 2 amide bonds. The quantitative estimate of drug-likeness (QED) is 0.312. The van der Waals surface area contributed by atoms with Crippen LogP contribution in [0.15, 0.2) is 71.6 Å². The molecule has 0 atom stereocenters. The fourth-order valence-electron chi connectivity index (χ4n) is 3.22. The highest BCUT2D eigenvalue weighted by molar-refractivity contribution is 8.26. The van der Waals surface area contributed by atoms with E-state index in [2.05, 4.69) is 5.43 Å². The number of nitrogens with one attached hydrogen (secondary N) is 1. The van der Waals surface area contributed by atoms with E-state index in [0.29, 0.717) is 33.6 Å². The van der Waals surface area contributed by atoms with Gasteiger partial charge < -0.3 is 9.47 Å². The van der Waals surface area contributed by atoms with Crippen molar-refractivity contribution in [3.63, 3.8) is 0 Å². The summed E-state index contributed by atoms with van der Waals surface area (Å²) >= 11 is 12.4. The third kappa shape index (κ3) is 6.03. The normalized spacial score (nSPS) is 14.4. The molecule has 0 bridgehead atoms. The van der Waals surface area contributed by atoms with Crippen molar-refractivity contribution in [1.29, 1.82) is 0 Å². The Labute approximate surface area is 217 Å². The van der Waals surface area contributed by atoms with E-state index < -0.39 is 11.8 Å². The van der Waals surface area contributed by atoms with E-state index in [0.717, 1.165) is 33.5 Å². The first-order chi connectivity index (χ1) is 16.8. The second kappa shape index (κ2) is 10.9. The van der Waals surface area contributed by atoms with Crippen molar-refractivity contribution in [2.45, 2.75) is 13.5 Å². The van der Waals surface area contributed by atoms with Crippen LogP contribution in [-0.4, -0.2) is 28.3 Å². The summed E-state index contributed by atoms with van der Waals surface area (Å²) in [7, 11) is 1.55. The number of thiocarbonyl (C=S) groups is 1. The van der Waals surface area contributed by atoms with Gasteiger partial charge >= 0.3 is 0 Å². The Hall–Kier alpha value is -3.33. The van der Waals surface area contributed by atoms with Gasteiger partial charge in [-0.3, -0.25) is 15.0 Å². The molecule has 3 aromatic carbocycles. The number of hydrazine groups is 1. The van der Waals surface area contributed by atoms with E-state index in [9.17, 15) is 9.59 Å². The number of methoxy groups -OCH3 is 1. The van der Waals surface area contributed by atoms with Crippen molar-refractivity contribution in [1.82, 2.24) is 10.4 Å². The third-order valence-electron chi connectivity index (χ3n) is 5.11. The van der Waals surface area contributed by atoms with Gasteiger partial charge in [0, 0.05) is 10.6 Å². The highest BCUT2D eigenvalue weighted by atomic mass is 35.5. The van der Waals surface area contributed by atoms with Gasteiger partial charge in [-0.25, -0.2) is 0 Å². The molecule has 1 aliphatic rings. The number of benzene rings is 3. The highest BCUT2D eigenvalue weighted by Crippen LogP contribution is 2.34. The molecule has 0 aliphatic carbocycles. The smallest absolute Gasteiger partial charge is 0.285 e. The molecule has 1 aliphatic heterocycles. The fourth-order valence-corrected chi connectivity index (χ4v) is 4.53. The molecule has 178 valence electrons. The van der Waals surface area contributed by atoms with Crippen molar-refractivity contribution in [3.05, 3.63) is 98.9 Å². The molecule has 9 heteroatoms. The molecule has 0 radical (unpaired) electrons. The zero-order valence-corrected chi connectivity index (χ0v) is 21.3. The topological polar surface area (TPSA) is 67.9 Å². The number of hydrogen-bond donors (Lipinski definition) is 1. The van der Waals surface area contributed by atoms with Gasteiger partial charge in [-0.15, -0.1) is 0 Å². The Balaban J connectivity index is 1.46. The summed E-state index contributed by atoms with van der Waals surface area (Å²) in [6.07, 6.45) is 1.70. The lowest BCUT2D eigenvalue weighted by Gasteiger charge is -2.15. The lowest BCUT2D eigenvalue weighted by Crippen LogP contribution is -2.44. The Morgan fingerprint density at radius 3 is 2.49 bits per heavy atom. The van der Waals surface area contributed by atoms with Crippen LogP contribution >= 0.6 is 35.6 Å². The minimum absolute atomic E-state index is 0.247. The van der Waals surface area contributed by atoms with Gasteiger partial charge in [-0.1, -0.05) is 59.3 Å². The van der Waals surface area contributed by atoms with Crippen LogP contribution in [0.4, 0.5) is 0 Å². The Bertz CT molecular complexity index is 1310. The average molecular weight is 525 g/mol. The number of carbonyl (C=O) groups excluding carboxylic acids is 2. The summed E-state index contributed by atoms with van der Waals surface area (Å²) in [5, 5.41) is 1.75. The van der Waals surface area contributed by atoms with Crippen LogP contribution in [0.5, 0.6) is 11.5 Å². The first-order valence-electron chi connectivity index (χ1n) is 10.5. The maximum atomic E-state index is 12.9. The lowest BCUT2D eigenvalue weighted by molar-refractivity contribution is -0.123. The van der Waals surface area contributed by atoms with Crippen LogP contribution in [-0.2, 0) is 11.4 Å². The van der Waals surface area contributed by atoms with E-state index >= 15 is 0 Å². The number of amides is 2. The number of rotatable bonds is 7. The van der Waals surface area contributed by atoms with Gasteiger partial charge in [0.1, 0.15) is 6.61 Å². The summed E-state index contributed by atoms with van der Waals surface area (Å²) in [6.45, 7) is 2.29. The molecule has 1 N–H and O–H groups in total. The highest BCUT2D eigenvalue weighted by Gasteiger charge is 2.33. The minimum Gasteiger partial charge on any atom is -0.493 e. The molecule has 4 rings (SSSR count). The number of ether oxygens (including phenoxy) is 2. The predicted octanol–water partition coefficient (Wildman–Crippen LogP) is 5.78. The summed E-state index contributed by atoms with van der Waals surface area (Å²) in [5.41, 5.74) is 5.76. The van der Waals surface area contributed by atoms with Crippen molar-refractivity contribution in [2.75, 3.05) is 7.11 Å². The number of thioether (sulfide) groups is 1. The predicted molar refractivity (Wildman–Crippen MR) is 142 cm³/mol. The molecule has 1 saturated heterocycles. The van der Waals surface area contributed by atoms with Gasteiger partial charge in [0.2, 0.25) is 0 Å². The van der Waals surface area contributed by atoms with E-state index in [4.69, 9.17) is 33.3 Å². The second-order valence-corrected chi connectivity index (χ2v) is 9.76. The monoisotopic (exact) mass is 524 g/mol. The van der Waals surface area contributed by atoms with Crippen LogP contribution in [0.2, 0.25) is 5.02 Å². The number of nitrogens with zero attached hydrogens (tertiary/aromatic N) is 1. The summed E-state index contributed by atoms with van der Waals surface area (Å²) in [5.74, 6) is 0.280. The molecule has 1 fully saturated rings. The van der Waals surface area contributed by atoms with E-state index in [1.807, 2.05) is 37.3 Å². The van der Waals surface area contributed by atoms with Gasteiger partial charge in [-0.2, -0.15) is 5.01 Å². The van der Waals surface area contributed by atoms with Crippen molar-refractivity contribution in [3.8, 4) is 11.5 Å². The minimum atomic E-state index is -0.411. The number of carbonyl (C=O) groups is 2. The Kier molecular flexibility index (Phi) is 7.75. The van der Waals surface area contributed by atoms with Crippen LogP contribution < -0.4 is 14.9 Å². The molecular formula is C26H21ClN2O4S2. The Morgan fingerprint density at radius 2 is 1.80 bits per heavy atom. The molecule has 1 heterocycles. The van der Waals surface area contributed by atoms with E-state index in [-0.39, 0.29) is 4.32 Å². The molecule has 35 heavy (non-hydrogen) atoms. The maximum Gasteiger partial charge on any atom is 0.285 e. The van der Waals surface area contributed by atoms with Crippen LogP contribution in [0.25, 0.3) is 6.08 Å². The van der Waals surface area contributed by atoms with Crippen LogP contribution in [0, 0.1) is 6.92 Å². The van der Waals surface area contributed by atoms with Crippen molar-refractivity contribution < 1.29 is 19.1 Å². The first-order valence-corrected chi connectivity index (χ1v) is 12.1. The molecule has 6 nitrogen and oxygen atoms in total. The maximum absolute atomic E-state index is 12.9. The van der Waals surface area contributed by atoms with Gasteiger partial charge in [0.25, 0.3) is 11.8 Å². The van der Waals surface area contributed by atoms with Gasteiger partial charge in [0.15, 0.2) is 15.8 Å². The average Bonchev–Trinajstić information content (AvgIpc) is 3.11. The third-order valence-corrected chi connectivity index (χ3v) is 6.67. The van der Waals surface area contributed by atoms with Crippen LogP contribution in [0.3, 0.4) is 0 Å². The molecular weight excluding hydrogens is 504 g/mol. The first kappa shape index (κ1) is 24.8. The molecule has 3 aromatic rings. The van der Waals surface area contributed by atoms with Crippen molar-refractivity contribution >= 4 is 57.8 Å². The lowest BCUT2D eigenvalue weighted by atomic mass is 10.1. The summed E-state index contributed by atoms with van der Waals surface area (Å²) in [4.78, 5) is 25.8. The largest absolute Gasteiger partial charge is 0.493 e. The Morgan fingerprint density at radius 1 is 1.09 bits per heavy atom. The number of halogens is 1. The fraction of sp³-hybridized carbons (Fsp3) is 0.115. The van der Waals surface area contributed by atoms with Crippen LogP contribution in [0.1, 0.15) is 27.0 Å². The van der Waals surface area contributed by atoms with Crippen molar-refractivity contribution in [2.24, 2.45) is 0 Å². The summed E-state index contributed by atoms with van der Waals surface area (Å²) < 4.78 is 11.6.